The van der Waals surface area contributed by atoms with Gasteiger partial charge in [0.2, 0.25) is 5.95 Å². The van der Waals surface area contributed by atoms with Crippen molar-refractivity contribution < 1.29 is 23.1 Å². The second-order valence-corrected chi connectivity index (χ2v) is 11.7. The number of aliphatic hydroxyl groups is 1. The van der Waals surface area contributed by atoms with Crippen molar-refractivity contribution in [1.82, 2.24) is 25.3 Å². The van der Waals surface area contributed by atoms with Crippen LogP contribution in [-0.4, -0.2) is 83.7 Å². The van der Waals surface area contributed by atoms with E-state index in [2.05, 4.69) is 25.5 Å². The van der Waals surface area contributed by atoms with Gasteiger partial charge in [-0.2, -0.15) is 0 Å². The SMILES string of the molecule is C[C@H]1COCCN1c1cc(C2(S(=O)(=O)C3CC3)CC2)nc(-c2cnc(NC(=O)NCCO)nc2)n1. The fourth-order valence-electron chi connectivity index (χ4n) is 4.33. The molecular weight excluding hydrogens is 474 g/mol. The predicted octanol–water partition coefficient (Wildman–Crippen LogP) is 0.839. The molecule has 0 radical (unpaired) electrons. The van der Waals surface area contributed by atoms with Crippen molar-refractivity contribution in [1.29, 1.82) is 0 Å². The summed E-state index contributed by atoms with van der Waals surface area (Å²) in [6.07, 6.45) is 5.53. The topological polar surface area (TPSA) is 160 Å². The lowest BCUT2D eigenvalue weighted by Crippen LogP contribution is -2.44. The number of morpholine rings is 1. The van der Waals surface area contributed by atoms with Gasteiger partial charge in [0.1, 0.15) is 10.6 Å². The summed E-state index contributed by atoms with van der Waals surface area (Å²) in [5, 5.41) is 13.5. The van der Waals surface area contributed by atoms with E-state index in [1.807, 2.05) is 13.0 Å². The first-order chi connectivity index (χ1) is 16.8. The molecule has 2 saturated carbocycles. The van der Waals surface area contributed by atoms with E-state index in [1.54, 1.807) is 0 Å². The molecule has 1 aliphatic heterocycles. The van der Waals surface area contributed by atoms with Gasteiger partial charge in [-0.25, -0.2) is 33.1 Å². The normalized spacial score (nSPS) is 21.4. The molecule has 1 atom stereocenters. The summed E-state index contributed by atoms with van der Waals surface area (Å²) in [6.45, 7) is 3.73. The summed E-state index contributed by atoms with van der Waals surface area (Å²) >= 11 is 0. The first-order valence-corrected chi connectivity index (χ1v) is 13.3. The van der Waals surface area contributed by atoms with Crippen molar-refractivity contribution >= 4 is 27.6 Å². The van der Waals surface area contributed by atoms with E-state index in [0.717, 1.165) is 0 Å². The van der Waals surface area contributed by atoms with Crippen molar-refractivity contribution in [3.05, 3.63) is 24.2 Å². The largest absolute Gasteiger partial charge is 0.395 e. The zero-order valence-electron chi connectivity index (χ0n) is 19.5. The Balaban J connectivity index is 1.49. The van der Waals surface area contributed by atoms with E-state index in [4.69, 9.17) is 19.8 Å². The number of aromatic nitrogens is 4. The zero-order valence-corrected chi connectivity index (χ0v) is 20.3. The molecule has 3 heterocycles. The third kappa shape index (κ3) is 4.67. The monoisotopic (exact) mass is 503 g/mol. The van der Waals surface area contributed by atoms with Gasteiger partial charge in [0.15, 0.2) is 15.7 Å². The van der Waals surface area contributed by atoms with E-state index in [0.29, 0.717) is 68.3 Å². The number of carbonyl (C=O) groups is 1. The highest BCUT2D eigenvalue weighted by atomic mass is 32.2. The van der Waals surface area contributed by atoms with Gasteiger partial charge in [0, 0.05) is 31.5 Å². The molecule has 3 aliphatic rings. The smallest absolute Gasteiger partial charge is 0.321 e. The molecule has 0 aromatic carbocycles. The van der Waals surface area contributed by atoms with Crippen LogP contribution in [0.4, 0.5) is 16.6 Å². The summed E-state index contributed by atoms with van der Waals surface area (Å²) in [6, 6.07) is 1.37. The molecule has 3 fully saturated rings. The van der Waals surface area contributed by atoms with Gasteiger partial charge in [-0.1, -0.05) is 0 Å². The van der Waals surface area contributed by atoms with Crippen LogP contribution in [0.3, 0.4) is 0 Å². The molecule has 5 rings (SSSR count). The molecule has 12 nitrogen and oxygen atoms in total. The maximum Gasteiger partial charge on any atom is 0.321 e. The van der Waals surface area contributed by atoms with Crippen LogP contribution in [0.15, 0.2) is 18.5 Å². The molecule has 188 valence electrons. The van der Waals surface area contributed by atoms with E-state index in [1.165, 1.54) is 12.4 Å². The number of hydrogen-bond donors (Lipinski definition) is 3. The van der Waals surface area contributed by atoms with Crippen LogP contribution in [0.5, 0.6) is 0 Å². The summed E-state index contributed by atoms with van der Waals surface area (Å²) in [4.78, 5) is 31.7. The molecule has 0 bridgehead atoms. The average molecular weight is 504 g/mol. The van der Waals surface area contributed by atoms with Crippen LogP contribution in [0.2, 0.25) is 0 Å². The minimum Gasteiger partial charge on any atom is -0.395 e. The lowest BCUT2D eigenvalue weighted by atomic mass is 10.2. The minimum atomic E-state index is -3.33. The van der Waals surface area contributed by atoms with Crippen LogP contribution < -0.4 is 15.5 Å². The van der Waals surface area contributed by atoms with Crippen LogP contribution in [0, 0.1) is 0 Å². The number of nitrogens with one attached hydrogen (secondary N) is 2. The van der Waals surface area contributed by atoms with E-state index < -0.39 is 20.6 Å². The highest BCUT2D eigenvalue weighted by Crippen LogP contribution is 2.57. The Morgan fingerprint density at radius 2 is 2.00 bits per heavy atom. The van der Waals surface area contributed by atoms with Gasteiger partial charge in [-0.3, -0.25) is 5.32 Å². The van der Waals surface area contributed by atoms with Gasteiger partial charge in [0.25, 0.3) is 0 Å². The third-order valence-corrected chi connectivity index (χ3v) is 9.64. The molecule has 0 spiro atoms. The lowest BCUT2D eigenvalue weighted by Gasteiger charge is -2.34. The van der Waals surface area contributed by atoms with Crippen molar-refractivity contribution in [3.63, 3.8) is 0 Å². The molecule has 35 heavy (non-hydrogen) atoms. The minimum absolute atomic E-state index is 0.0785. The van der Waals surface area contributed by atoms with Gasteiger partial charge in [-0.05, 0) is 32.6 Å². The standard InChI is InChI=1S/C22H29N7O5S/c1-14-13-34-9-7-29(14)18-10-17(22(4-5-22)35(32,33)16-2-3-16)26-19(27-18)15-11-24-20(25-12-15)28-21(31)23-6-8-30/h10-12,14,16,30H,2-9,13H2,1H3,(H2,23,24,25,28,31)/t14-/m0/s1. The Labute approximate surface area is 203 Å². The molecule has 2 aliphatic carbocycles. The third-order valence-electron chi connectivity index (χ3n) is 6.59. The van der Waals surface area contributed by atoms with Crippen molar-refractivity contribution in [2.45, 2.75) is 48.6 Å². The van der Waals surface area contributed by atoms with Crippen molar-refractivity contribution in [2.24, 2.45) is 0 Å². The fourth-order valence-corrected chi connectivity index (χ4v) is 6.79. The van der Waals surface area contributed by atoms with Gasteiger partial charge in [-0.15, -0.1) is 0 Å². The predicted molar refractivity (Wildman–Crippen MR) is 128 cm³/mol. The average Bonchev–Trinajstić information content (AvgIpc) is 3.76. The van der Waals surface area contributed by atoms with Crippen LogP contribution in [-0.2, 0) is 19.3 Å². The molecule has 1 saturated heterocycles. The van der Waals surface area contributed by atoms with Crippen LogP contribution in [0.25, 0.3) is 11.4 Å². The summed E-state index contributed by atoms with van der Waals surface area (Å²) in [5.41, 5.74) is 1.03. The van der Waals surface area contributed by atoms with Crippen LogP contribution in [0.1, 0.15) is 38.3 Å². The summed E-state index contributed by atoms with van der Waals surface area (Å²) in [7, 11) is -3.33. The number of urea groups is 1. The van der Waals surface area contributed by atoms with E-state index in [-0.39, 0.29) is 30.4 Å². The number of ether oxygens (including phenoxy) is 1. The molecular formula is C22H29N7O5S. The Bertz CT molecular complexity index is 1200. The van der Waals surface area contributed by atoms with Crippen LogP contribution >= 0.6 is 0 Å². The number of anilines is 2. The van der Waals surface area contributed by atoms with E-state index >= 15 is 0 Å². The number of amides is 2. The quantitative estimate of drug-likeness (QED) is 0.471. The molecule has 13 heteroatoms. The number of nitrogens with zero attached hydrogens (tertiary/aromatic N) is 5. The molecule has 3 N–H and O–H groups in total. The first-order valence-electron chi connectivity index (χ1n) is 11.8. The highest BCUT2D eigenvalue weighted by molar-refractivity contribution is 7.93. The number of carbonyl (C=O) groups excluding carboxylic acids is 1. The number of hydrogen-bond acceptors (Lipinski definition) is 10. The second-order valence-electron chi connectivity index (χ2n) is 9.19. The van der Waals surface area contributed by atoms with Gasteiger partial charge in [0.05, 0.1) is 42.4 Å². The summed E-state index contributed by atoms with van der Waals surface area (Å²) < 4.78 is 31.3. The Morgan fingerprint density at radius 1 is 1.26 bits per heavy atom. The molecule has 2 aromatic heterocycles. The first kappa shape index (κ1) is 23.8. The highest BCUT2D eigenvalue weighted by Gasteiger charge is 2.61. The Hall–Kier alpha value is -2.90. The molecule has 2 amide bonds. The molecule has 2 aromatic rings. The van der Waals surface area contributed by atoms with Crippen molar-refractivity contribution in [2.75, 3.05) is 43.1 Å². The summed E-state index contributed by atoms with van der Waals surface area (Å²) in [5.74, 6) is 1.07. The Morgan fingerprint density at radius 3 is 2.63 bits per heavy atom. The fraction of sp³-hybridized carbons (Fsp3) is 0.591. The van der Waals surface area contributed by atoms with Gasteiger partial charge >= 0.3 is 6.03 Å². The number of rotatable bonds is 8. The Kier molecular flexibility index (Phi) is 6.32. The number of sulfone groups is 1. The maximum absolute atomic E-state index is 13.3. The number of aliphatic hydroxyl groups excluding tert-OH is 1. The van der Waals surface area contributed by atoms with Crippen molar-refractivity contribution in [3.8, 4) is 11.4 Å². The van der Waals surface area contributed by atoms with Gasteiger partial charge < -0.3 is 20.1 Å². The molecule has 0 unspecified atom stereocenters. The van der Waals surface area contributed by atoms with E-state index in [9.17, 15) is 13.2 Å². The zero-order chi connectivity index (χ0) is 24.6. The maximum atomic E-state index is 13.3. The second kappa shape index (κ2) is 9.28. The lowest BCUT2D eigenvalue weighted by molar-refractivity contribution is 0.0985.